The Labute approximate surface area is 276 Å². The average molecular weight is 615 g/mol. The molecule has 0 aliphatic heterocycles. The van der Waals surface area contributed by atoms with Crippen LogP contribution in [0, 0.1) is 0 Å². The Kier molecular flexibility index (Phi) is 5.78. The zero-order valence-electron chi connectivity index (χ0n) is 25.3. The highest BCUT2D eigenvalue weighted by atomic mass is 32.1. The van der Waals surface area contributed by atoms with E-state index in [1.54, 1.807) is 11.3 Å². The van der Waals surface area contributed by atoms with Gasteiger partial charge in [0.25, 0.3) is 0 Å². The molecule has 47 heavy (non-hydrogen) atoms. The first-order chi connectivity index (χ1) is 23.3. The third kappa shape index (κ3) is 3.90. The first-order valence-corrected chi connectivity index (χ1v) is 16.8. The summed E-state index contributed by atoms with van der Waals surface area (Å²) in [6, 6.07) is 52.6. The number of thiophene rings is 1. The maximum atomic E-state index is 5.24. The van der Waals surface area contributed by atoms with Crippen LogP contribution in [0.4, 0.5) is 0 Å². The predicted molar refractivity (Wildman–Crippen MR) is 199 cm³/mol. The molecule has 1 aliphatic rings. The Morgan fingerprint density at radius 2 is 1.00 bits per heavy atom. The van der Waals surface area contributed by atoms with Crippen molar-refractivity contribution in [3.8, 4) is 67.2 Å². The summed E-state index contributed by atoms with van der Waals surface area (Å²) < 4.78 is 1.22. The van der Waals surface area contributed by atoms with E-state index in [9.17, 15) is 0 Å². The number of fused-ring (bicyclic) bond motifs is 5. The number of hydrogen-bond donors (Lipinski definition) is 0. The van der Waals surface area contributed by atoms with Crippen molar-refractivity contribution in [2.75, 3.05) is 0 Å². The third-order valence-electron chi connectivity index (χ3n) is 9.57. The molecule has 0 fully saturated rings. The molecular formula is C44H26N2S. The van der Waals surface area contributed by atoms with Gasteiger partial charge in [0.1, 0.15) is 0 Å². The lowest BCUT2D eigenvalue weighted by Gasteiger charge is -2.20. The van der Waals surface area contributed by atoms with Crippen LogP contribution in [0.15, 0.2) is 157 Å². The molecule has 6 aromatic carbocycles. The molecule has 0 saturated heterocycles. The molecule has 0 N–H and O–H groups in total. The molecule has 3 aromatic heterocycles. The summed E-state index contributed by atoms with van der Waals surface area (Å²) in [7, 11) is 0. The zero-order chi connectivity index (χ0) is 30.9. The minimum Gasteiger partial charge on any atom is -0.254 e. The summed E-state index contributed by atoms with van der Waals surface area (Å²) in [6.45, 7) is 0. The van der Waals surface area contributed by atoms with Crippen LogP contribution in [0.3, 0.4) is 0 Å². The number of pyridine rings is 2. The fourth-order valence-corrected chi connectivity index (χ4v) is 8.43. The van der Waals surface area contributed by atoms with Crippen molar-refractivity contribution in [1.29, 1.82) is 0 Å². The highest BCUT2D eigenvalue weighted by Gasteiger charge is 2.31. The molecule has 218 valence electrons. The van der Waals surface area contributed by atoms with E-state index in [2.05, 4.69) is 151 Å². The summed E-state index contributed by atoms with van der Waals surface area (Å²) in [4.78, 5) is 10.00. The smallest absolute Gasteiger partial charge is 0.0973 e. The van der Waals surface area contributed by atoms with Crippen molar-refractivity contribution in [3.63, 3.8) is 0 Å². The Hall–Kier alpha value is -5.90. The van der Waals surface area contributed by atoms with Crippen molar-refractivity contribution in [1.82, 2.24) is 9.97 Å². The van der Waals surface area contributed by atoms with Gasteiger partial charge in [0, 0.05) is 21.8 Å². The Balaban J connectivity index is 1.28. The van der Waals surface area contributed by atoms with E-state index in [1.807, 2.05) is 6.20 Å². The van der Waals surface area contributed by atoms with Gasteiger partial charge in [0.2, 0.25) is 0 Å². The molecule has 0 unspecified atom stereocenters. The zero-order valence-corrected chi connectivity index (χ0v) is 26.1. The molecule has 1 aliphatic carbocycles. The van der Waals surface area contributed by atoms with Gasteiger partial charge >= 0.3 is 0 Å². The molecule has 0 radical (unpaired) electrons. The molecule has 0 atom stereocenters. The molecule has 0 bridgehead atoms. The minimum absolute atomic E-state index is 0.891. The Morgan fingerprint density at radius 3 is 1.72 bits per heavy atom. The van der Waals surface area contributed by atoms with Gasteiger partial charge in [-0.2, -0.15) is 0 Å². The molecule has 3 heterocycles. The standard InChI is InChI=1S/C44H26N2S/c1-3-11-27(12-4-1)39-31-15-7-8-16-32(31)40(28-13-5-2-6-14-28)43-35-22-21-29(30-17-9-18-34(41(30)35)42(39)43)36-19-10-20-37(46-36)44-33-24-26-47-38(33)23-25-45-44/h1-26H. The van der Waals surface area contributed by atoms with E-state index in [0.717, 1.165) is 28.0 Å². The normalized spacial score (nSPS) is 11.8. The van der Waals surface area contributed by atoms with Crippen molar-refractivity contribution < 1.29 is 0 Å². The summed E-state index contributed by atoms with van der Waals surface area (Å²) in [5.41, 5.74) is 14.1. The third-order valence-corrected chi connectivity index (χ3v) is 10.4. The highest BCUT2D eigenvalue weighted by molar-refractivity contribution is 7.17. The van der Waals surface area contributed by atoms with Crippen LogP contribution in [0.25, 0.3) is 98.8 Å². The molecule has 0 saturated carbocycles. The minimum atomic E-state index is 0.891. The lowest BCUT2D eigenvalue weighted by Crippen LogP contribution is -1.93. The number of hydrogen-bond acceptors (Lipinski definition) is 3. The summed E-state index contributed by atoms with van der Waals surface area (Å²) >= 11 is 1.73. The van der Waals surface area contributed by atoms with Crippen molar-refractivity contribution in [2.24, 2.45) is 0 Å². The topological polar surface area (TPSA) is 25.8 Å². The van der Waals surface area contributed by atoms with Gasteiger partial charge in [-0.1, -0.05) is 121 Å². The largest absolute Gasteiger partial charge is 0.254 e. The van der Waals surface area contributed by atoms with Gasteiger partial charge < -0.3 is 0 Å². The van der Waals surface area contributed by atoms with E-state index in [-0.39, 0.29) is 0 Å². The summed E-state index contributed by atoms with van der Waals surface area (Å²) in [5, 5.41) is 8.31. The molecule has 10 rings (SSSR count). The van der Waals surface area contributed by atoms with Gasteiger partial charge in [-0.15, -0.1) is 11.3 Å². The first kappa shape index (κ1) is 26.3. The van der Waals surface area contributed by atoms with Gasteiger partial charge in [-0.05, 0) is 95.7 Å². The maximum absolute atomic E-state index is 5.24. The number of aromatic nitrogens is 2. The van der Waals surface area contributed by atoms with E-state index >= 15 is 0 Å². The van der Waals surface area contributed by atoms with E-state index in [0.29, 0.717) is 0 Å². The van der Waals surface area contributed by atoms with Crippen LogP contribution < -0.4 is 0 Å². The van der Waals surface area contributed by atoms with Crippen LogP contribution in [0.2, 0.25) is 0 Å². The predicted octanol–water partition coefficient (Wildman–Crippen LogP) is 12.3. The first-order valence-electron chi connectivity index (χ1n) is 15.9. The van der Waals surface area contributed by atoms with E-state index < -0.39 is 0 Å². The second-order valence-electron chi connectivity index (χ2n) is 12.1. The summed E-state index contributed by atoms with van der Waals surface area (Å²) in [6.07, 6.45) is 1.89. The Morgan fingerprint density at radius 1 is 0.404 bits per heavy atom. The monoisotopic (exact) mass is 614 g/mol. The van der Waals surface area contributed by atoms with Crippen LogP contribution in [0.1, 0.15) is 0 Å². The van der Waals surface area contributed by atoms with Crippen LogP contribution in [0.5, 0.6) is 0 Å². The van der Waals surface area contributed by atoms with Crippen LogP contribution in [-0.2, 0) is 0 Å². The van der Waals surface area contributed by atoms with Crippen molar-refractivity contribution >= 4 is 43.0 Å². The number of nitrogens with zero attached hydrogens (tertiary/aromatic N) is 2. The lowest BCUT2D eigenvalue weighted by molar-refractivity contribution is 1.27. The fourth-order valence-electron chi connectivity index (χ4n) is 7.65. The second kappa shape index (κ2) is 10.3. The molecule has 2 nitrogen and oxygen atoms in total. The molecule has 0 amide bonds. The lowest BCUT2D eigenvalue weighted by atomic mass is 9.82. The molecule has 9 aromatic rings. The number of rotatable bonds is 4. The quantitative estimate of drug-likeness (QED) is 0.197. The maximum Gasteiger partial charge on any atom is 0.0973 e. The van der Waals surface area contributed by atoms with E-state index in [4.69, 9.17) is 9.97 Å². The van der Waals surface area contributed by atoms with Gasteiger partial charge in [0.05, 0.1) is 17.1 Å². The summed E-state index contributed by atoms with van der Waals surface area (Å²) in [5.74, 6) is 0. The highest BCUT2D eigenvalue weighted by Crippen LogP contribution is 2.58. The number of benzene rings is 6. The Bertz CT molecular complexity index is 2580. The van der Waals surface area contributed by atoms with Gasteiger partial charge in [-0.3, -0.25) is 4.98 Å². The van der Waals surface area contributed by atoms with Crippen molar-refractivity contribution in [2.45, 2.75) is 0 Å². The molecule has 0 spiro atoms. The van der Waals surface area contributed by atoms with Crippen LogP contribution >= 0.6 is 11.3 Å². The SMILES string of the molecule is c1ccc(-c2c3c(c(-c4ccccc4)c4ccccc24)-c2ccc(-c4cccc(-c5nccc6sccc56)n4)c4cccc-3c24)cc1. The molecular weight excluding hydrogens is 589 g/mol. The van der Waals surface area contributed by atoms with Gasteiger partial charge in [0.15, 0.2) is 0 Å². The van der Waals surface area contributed by atoms with E-state index in [1.165, 1.54) is 70.8 Å². The fraction of sp³-hybridized carbons (Fsp3) is 0. The van der Waals surface area contributed by atoms with Crippen LogP contribution in [-0.4, -0.2) is 9.97 Å². The molecule has 3 heteroatoms. The second-order valence-corrected chi connectivity index (χ2v) is 13.0. The average Bonchev–Trinajstić information content (AvgIpc) is 3.76. The van der Waals surface area contributed by atoms with Crippen molar-refractivity contribution in [3.05, 3.63) is 157 Å². The van der Waals surface area contributed by atoms with Gasteiger partial charge in [-0.25, -0.2) is 4.98 Å².